The Kier molecular flexibility index (Phi) is 2.80. The van der Waals surface area contributed by atoms with Gasteiger partial charge in [-0.1, -0.05) is 24.3 Å². The third-order valence-electron chi connectivity index (χ3n) is 1.77. The van der Waals surface area contributed by atoms with E-state index in [0.29, 0.717) is 11.4 Å². The van der Waals surface area contributed by atoms with Gasteiger partial charge in [0, 0.05) is 25.2 Å². The van der Waals surface area contributed by atoms with E-state index in [0.717, 1.165) is 11.8 Å². The minimum absolute atomic E-state index is 0.442. The lowest BCUT2D eigenvalue weighted by atomic mass is 10.1. The third-order valence-corrected chi connectivity index (χ3v) is 1.77. The summed E-state index contributed by atoms with van der Waals surface area (Å²) >= 11 is 0. The number of hydrogen-bond donors (Lipinski definition) is 1. The second kappa shape index (κ2) is 3.85. The molecule has 1 aromatic rings. The monoisotopic (exact) mass is 176 g/mol. The van der Waals surface area contributed by atoms with Crippen molar-refractivity contribution in [2.24, 2.45) is 0 Å². The van der Waals surface area contributed by atoms with Crippen molar-refractivity contribution in [3.63, 3.8) is 0 Å². The molecule has 0 aliphatic rings. The summed E-state index contributed by atoms with van der Waals surface area (Å²) in [5.41, 5.74) is 1.45. The zero-order valence-electron chi connectivity index (χ0n) is 7.74. The standard InChI is InChI=1S/C10H12N2O/c1-12(2)10(11)9-5-3-8(7-13)4-6-9/h3-7,11H,1-2H3. The second-order valence-electron chi connectivity index (χ2n) is 2.98. The lowest BCUT2D eigenvalue weighted by Gasteiger charge is -2.13. The summed E-state index contributed by atoms with van der Waals surface area (Å²) in [6, 6.07) is 6.96. The molecule has 68 valence electrons. The molecule has 0 spiro atoms. The zero-order valence-corrected chi connectivity index (χ0v) is 7.74. The molecule has 0 aliphatic heterocycles. The Morgan fingerprint density at radius 1 is 1.31 bits per heavy atom. The molecule has 3 heteroatoms. The fourth-order valence-corrected chi connectivity index (χ4v) is 0.978. The van der Waals surface area contributed by atoms with E-state index in [4.69, 9.17) is 5.41 Å². The summed E-state index contributed by atoms with van der Waals surface area (Å²) in [4.78, 5) is 12.1. The van der Waals surface area contributed by atoms with Crippen LogP contribution >= 0.6 is 0 Å². The van der Waals surface area contributed by atoms with Gasteiger partial charge in [-0.3, -0.25) is 10.2 Å². The molecule has 0 atom stereocenters. The molecule has 0 radical (unpaired) electrons. The van der Waals surface area contributed by atoms with Gasteiger partial charge in [0.25, 0.3) is 0 Å². The lowest BCUT2D eigenvalue weighted by Crippen LogP contribution is -2.21. The molecule has 1 aromatic carbocycles. The Bertz CT molecular complexity index is 314. The number of aldehydes is 1. The molecule has 0 saturated heterocycles. The summed E-state index contributed by atoms with van der Waals surface area (Å²) in [7, 11) is 3.63. The van der Waals surface area contributed by atoms with E-state index >= 15 is 0 Å². The molecular weight excluding hydrogens is 164 g/mol. The van der Waals surface area contributed by atoms with Gasteiger partial charge in [0.2, 0.25) is 0 Å². The van der Waals surface area contributed by atoms with Gasteiger partial charge >= 0.3 is 0 Å². The summed E-state index contributed by atoms with van der Waals surface area (Å²) < 4.78 is 0. The Morgan fingerprint density at radius 2 is 1.85 bits per heavy atom. The van der Waals surface area contributed by atoms with Crippen molar-refractivity contribution in [2.45, 2.75) is 0 Å². The first-order valence-electron chi connectivity index (χ1n) is 3.96. The first kappa shape index (κ1) is 9.45. The van der Waals surface area contributed by atoms with E-state index < -0.39 is 0 Å². The van der Waals surface area contributed by atoms with Crippen LogP contribution in [0.1, 0.15) is 15.9 Å². The quantitative estimate of drug-likeness (QED) is 0.420. The number of carbonyl (C=O) groups is 1. The highest BCUT2D eigenvalue weighted by molar-refractivity contribution is 5.96. The van der Waals surface area contributed by atoms with Crippen molar-refractivity contribution in [1.29, 1.82) is 5.41 Å². The Labute approximate surface area is 77.5 Å². The highest BCUT2D eigenvalue weighted by Gasteiger charge is 2.01. The van der Waals surface area contributed by atoms with Gasteiger partial charge in [-0.2, -0.15) is 0 Å². The first-order valence-corrected chi connectivity index (χ1v) is 3.96. The van der Waals surface area contributed by atoms with Gasteiger partial charge in [-0.25, -0.2) is 0 Å². The predicted molar refractivity (Wildman–Crippen MR) is 52.3 cm³/mol. The summed E-state index contributed by atoms with van der Waals surface area (Å²) in [6.45, 7) is 0. The van der Waals surface area contributed by atoms with Crippen molar-refractivity contribution in [3.8, 4) is 0 Å². The molecule has 3 nitrogen and oxygen atoms in total. The normalized spacial score (nSPS) is 9.38. The molecule has 1 N–H and O–H groups in total. The molecule has 0 fully saturated rings. The van der Waals surface area contributed by atoms with Crippen LogP contribution in [0.25, 0.3) is 0 Å². The topological polar surface area (TPSA) is 44.2 Å². The minimum Gasteiger partial charge on any atom is -0.363 e. The van der Waals surface area contributed by atoms with Crippen LogP contribution in [0, 0.1) is 5.41 Å². The van der Waals surface area contributed by atoms with Crippen LogP contribution in [-0.2, 0) is 0 Å². The fourth-order valence-electron chi connectivity index (χ4n) is 0.978. The first-order chi connectivity index (χ1) is 6.15. The van der Waals surface area contributed by atoms with Gasteiger partial charge in [0.05, 0.1) is 0 Å². The molecule has 0 aliphatic carbocycles. The van der Waals surface area contributed by atoms with E-state index in [1.807, 2.05) is 14.1 Å². The Morgan fingerprint density at radius 3 is 2.23 bits per heavy atom. The van der Waals surface area contributed by atoms with Crippen LogP contribution in [0.4, 0.5) is 0 Å². The van der Waals surface area contributed by atoms with Gasteiger partial charge in [0.15, 0.2) is 0 Å². The molecule has 0 unspecified atom stereocenters. The summed E-state index contributed by atoms with van der Waals surface area (Å²) in [5.74, 6) is 0.442. The molecular formula is C10H12N2O. The van der Waals surface area contributed by atoms with E-state index in [-0.39, 0.29) is 0 Å². The SMILES string of the molecule is CN(C)C(=N)c1ccc(C=O)cc1. The number of carbonyl (C=O) groups excluding carboxylic acids is 1. The number of hydrogen-bond acceptors (Lipinski definition) is 2. The Hall–Kier alpha value is -1.64. The van der Waals surface area contributed by atoms with Gasteiger partial charge in [0.1, 0.15) is 12.1 Å². The van der Waals surface area contributed by atoms with Crippen LogP contribution in [0.15, 0.2) is 24.3 Å². The molecule has 1 rings (SSSR count). The second-order valence-corrected chi connectivity index (χ2v) is 2.98. The average Bonchev–Trinajstić information content (AvgIpc) is 2.17. The van der Waals surface area contributed by atoms with Crippen molar-refractivity contribution in [2.75, 3.05) is 14.1 Å². The molecule has 0 bridgehead atoms. The van der Waals surface area contributed by atoms with Crippen LogP contribution < -0.4 is 0 Å². The summed E-state index contributed by atoms with van der Waals surface area (Å²) in [6.07, 6.45) is 0.795. The van der Waals surface area contributed by atoms with E-state index in [2.05, 4.69) is 0 Å². The third kappa shape index (κ3) is 2.15. The van der Waals surface area contributed by atoms with E-state index in [1.54, 1.807) is 29.2 Å². The van der Waals surface area contributed by atoms with Crippen molar-refractivity contribution >= 4 is 12.1 Å². The smallest absolute Gasteiger partial charge is 0.150 e. The van der Waals surface area contributed by atoms with Crippen LogP contribution in [-0.4, -0.2) is 31.1 Å². The largest absolute Gasteiger partial charge is 0.363 e. The van der Waals surface area contributed by atoms with Crippen LogP contribution in [0.5, 0.6) is 0 Å². The fraction of sp³-hybridized carbons (Fsp3) is 0.200. The van der Waals surface area contributed by atoms with Gasteiger partial charge < -0.3 is 4.90 Å². The number of nitrogens with zero attached hydrogens (tertiary/aromatic N) is 1. The number of amidine groups is 1. The maximum atomic E-state index is 10.4. The van der Waals surface area contributed by atoms with E-state index in [1.165, 1.54) is 0 Å². The number of rotatable bonds is 2. The van der Waals surface area contributed by atoms with E-state index in [9.17, 15) is 4.79 Å². The molecule has 0 aromatic heterocycles. The molecule has 13 heavy (non-hydrogen) atoms. The summed E-state index contributed by atoms with van der Waals surface area (Å²) in [5, 5.41) is 7.65. The average molecular weight is 176 g/mol. The molecule has 0 saturated carbocycles. The van der Waals surface area contributed by atoms with Crippen LogP contribution in [0.2, 0.25) is 0 Å². The van der Waals surface area contributed by atoms with Gasteiger partial charge in [-0.15, -0.1) is 0 Å². The lowest BCUT2D eigenvalue weighted by molar-refractivity contribution is 0.112. The molecule has 0 amide bonds. The predicted octanol–water partition coefficient (Wildman–Crippen LogP) is 1.39. The van der Waals surface area contributed by atoms with Crippen molar-refractivity contribution < 1.29 is 4.79 Å². The van der Waals surface area contributed by atoms with Crippen molar-refractivity contribution in [3.05, 3.63) is 35.4 Å². The maximum absolute atomic E-state index is 10.4. The number of nitrogens with one attached hydrogen (secondary N) is 1. The number of benzene rings is 1. The minimum atomic E-state index is 0.442. The zero-order chi connectivity index (χ0) is 9.84. The Balaban J connectivity index is 2.92. The van der Waals surface area contributed by atoms with Crippen molar-refractivity contribution in [1.82, 2.24) is 4.90 Å². The highest BCUT2D eigenvalue weighted by Crippen LogP contribution is 2.04. The highest BCUT2D eigenvalue weighted by atomic mass is 16.1. The van der Waals surface area contributed by atoms with Gasteiger partial charge in [-0.05, 0) is 0 Å². The molecule has 0 heterocycles. The van der Waals surface area contributed by atoms with Crippen LogP contribution in [0.3, 0.4) is 0 Å². The maximum Gasteiger partial charge on any atom is 0.150 e.